The lowest BCUT2D eigenvalue weighted by Gasteiger charge is -2.12. The number of benzene rings is 2. The monoisotopic (exact) mass is 416 g/mol. The molecule has 1 amide bonds. The van der Waals surface area contributed by atoms with E-state index in [4.69, 9.17) is 4.74 Å². The summed E-state index contributed by atoms with van der Waals surface area (Å²) in [6.45, 7) is 3.36. The number of rotatable bonds is 4. The van der Waals surface area contributed by atoms with Gasteiger partial charge >= 0.3 is 5.97 Å². The molecule has 31 heavy (non-hydrogen) atoms. The largest absolute Gasteiger partial charge is 0.465 e. The lowest BCUT2D eigenvalue weighted by Crippen LogP contribution is -2.15. The summed E-state index contributed by atoms with van der Waals surface area (Å²) in [5.41, 5.74) is 3.33. The average Bonchev–Trinajstić information content (AvgIpc) is 3.09. The van der Waals surface area contributed by atoms with Gasteiger partial charge in [0.05, 0.1) is 18.4 Å². The Morgan fingerprint density at radius 3 is 2.42 bits per heavy atom. The van der Waals surface area contributed by atoms with Gasteiger partial charge in [-0.3, -0.25) is 9.59 Å². The summed E-state index contributed by atoms with van der Waals surface area (Å²) < 4.78 is 7.87. The first kappa shape index (κ1) is 20.1. The summed E-state index contributed by atoms with van der Waals surface area (Å²) in [6, 6.07) is 14.4. The van der Waals surface area contributed by atoms with E-state index in [-0.39, 0.29) is 28.3 Å². The fourth-order valence-corrected chi connectivity index (χ4v) is 3.37. The first-order chi connectivity index (χ1) is 14.9. The van der Waals surface area contributed by atoms with Crippen LogP contribution in [-0.2, 0) is 9.53 Å². The fraction of sp³-hybridized carbons (Fsp3) is 0.130. The Labute approximate surface area is 178 Å². The molecule has 0 radical (unpaired) electrons. The molecule has 2 aliphatic rings. The molecule has 0 aromatic heterocycles. The van der Waals surface area contributed by atoms with E-state index >= 15 is 0 Å². The number of aromatic nitrogens is 3. The van der Waals surface area contributed by atoms with Crippen molar-refractivity contribution in [2.24, 2.45) is 0 Å². The van der Waals surface area contributed by atoms with Crippen LogP contribution in [0.1, 0.15) is 22.8 Å². The second-order valence-corrected chi connectivity index (χ2v) is 7.12. The van der Waals surface area contributed by atoms with Gasteiger partial charge in [-0.05, 0) is 48.9 Å². The van der Waals surface area contributed by atoms with Crippen LogP contribution in [-0.4, -0.2) is 33.3 Å². The second kappa shape index (κ2) is 7.91. The normalized spacial score (nSPS) is 10.8. The van der Waals surface area contributed by atoms with Gasteiger partial charge in [-0.25, -0.2) is 4.79 Å². The Morgan fingerprint density at radius 1 is 1.03 bits per heavy atom. The molecule has 2 heterocycles. The van der Waals surface area contributed by atoms with Gasteiger partial charge in [-0.2, -0.15) is 9.78 Å². The molecule has 2 aromatic carbocycles. The minimum atomic E-state index is -0.594. The van der Waals surface area contributed by atoms with Gasteiger partial charge < -0.3 is 14.6 Å². The predicted molar refractivity (Wildman–Crippen MR) is 116 cm³/mol. The van der Waals surface area contributed by atoms with Gasteiger partial charge in [0.25, 0.3) is 5.56 Å². The molecule has 1 N–H and O–H groups in total. The van der Waals surface area contributed by atoms with Crippen molar-refractivity contribution >= 4 is 17.6 Å². The number of nitrogens with one attached hydrogen (secondary N) is 1. The maximum Gasteiger partial charge on any atom is 0.341 e. The van der Waals surface area contributed by atoms with Gasteiger partial charge in [0, 0.05) is 30.7 Å². The standard InChI is InChI=1S/C23H20N4O4/c1-14-5-4-6-18(11-14)27-22(29)19-12-26(13-20(21(19)25-27)23(30)31-3)17-9-7-16(8-10-17)24-15(2)28/h4-13H,1-3H3,(H,24,28). The number of hydrogen-bond donors (Lipinski definition) is 1. The predicted octanol–water partition coefficient (Wildman–Crippen LogP) is 3.18. The molecule has 2 aliphatic heterocycles. The molecule has 0 saturated carbocycles. The molecule has 0 fully saturated rings. The van der Waals surface area contributed by atoms with E-state index in [1.165, 1.54) is 18.7 Å². The maximum absolute atomic E-state index is 13.1. The third-order valence-corrected chi connectivity index (χ3v) is 4.81. The maximum atomic E-state index is 13.1. The van der Waals surface area contributed by atoms with Gasteiger partial charge in [0.1, 0.15) is 11.3 Å². The van der Waals surface area contributed by atoms with E-state index < -0.39 is 5.97 Å². The van der Waals surface area contributed by atoms with Crippen molar-refractivity contribution in [3.05, 3.63) is 82.4 Å². The first-order valence-corrected chi connectivity index (χ1v) is 9.56. The number of methoxy groups -OCH3 is 1. The molecule has 4 rings (SSSR count). The van der Waals surface area contributed by atoms with Crippen molar-refractivity contribution in [1.29, 1.82) is 0 Å². The molecular formula is C23H20N4O4. The van der Waals surface area contributed by atoms with Gasteiger partial charge in [-0.1, -0.05) is 12.1 Å². The van der Waals surface area contributed by atoms with Crippen molar-refractivity contribution in [3.63, 3.8) is 0 Å². The highest BCUT2D eigenvalue weighted by Crippen LogP contribution is 2.25. The number of nitrogens with zero attached hydrogens (tertiary/aromatic N) is 3. The summed E-state index contributed by atoms with van der Waals surface area (Å²) in [4.78, 5) is 36.8. The van der Waals surface area contributed by atoms with Gasteiger partial charge in [0.15, 0.2) is 0 Å². The molecule has 0 saturated heterocycles. The molecule has 0 bridgehead atoms. The minimum Gasteiger partial charge on any atom is -0.465 e. The number of aryl methyl sites for hydroxylation is 1. The molecule has 0 unspecified atom stereocenters. The SMILES string of the molecule is COC(=O)c1cn(-c2ccc(NC(C)=O)cc2)cc2c(=O)n(-c3cccc(C)c3)nc1-2. The number of pyridine rings is 1. The van der Waals surface area contributed by atoms with E-state index in [2.05, 4.69) is 10.4 Å². The van der Waals surface area contributed by atoms with Crippen molar-refractivity contribution in [1.82, 2.24) is 14.3 Å². The summed E-state index contributed by atoms with van der Waals surface area (Å²) in [5.74, 6) is -0.766. The minimum absolute atomic E-state index is 0.172. The lowest BCUT2D eigenvalue weighted by molar-refractivity contribution is -0.114. The number of fused-ring (bicyclic) bond motifs is 1. The van der Waals surface area contributed by atoms with Gasteiger partial charge in [-0.15, -0.1) is 0 Å². The van der Waals surface area contributed by atoms with Crippen LogP contribution in [0, 0.1) is 6.92 Å². The number of anilines is 1. The molecule has 8 heteroatoms. The zero-order chi connectivity index (χ0) is 22.1. The van der Waals surface area contributed by atoms with Crippen LogP contribution in [0.5, 0.6) is 0 Å². The topological polar surface area (TPSA) is 95.2 Å². The molecule has 0 atom stereocenters. The smallest absolute Gasteiger partial charge is 0.341 e. The van der Waals surface area contributed by atoms with E-state index in [9.17, 15) is 14.4 Å². The average molecular weight is 416 g/mol. The molecule has 0 spiro atoms. The zero-order valence-corrected chi connectivity index (χ0v) is 17.2. The molecule has 8 nitrogen and oxygen atoms in total. The Kier molecular flexibility index (Phi) is 5.12. The lowest BCUT2D eigenvalue weighted by atomic mass is 10.1. The van der Waals surface area contributed by atoms with E-state index in [1.807, 2.05) is 25.1 Å². The van der Waals surface area contributed by atoms with Crippen LogP contribution < -0.4 is 10.9 Å². The number of hydrogen-bond acceptors (Lipinski definition) is 5. The molecule has 0 aliphatic carbocycles. The summed E-state index contributed by atoms with van der Waals surface area (Å²) in [7, 11) is 1.28. The van der Waals surface area contributed by atoms with E-state index in [0.717, 1.165) is 5.56 Å². The Balaban J connectivity index is 1.89. The quantitative estimate of drug-likeness (QED) is 0.516. The zero-order valence-electron chi connectivity index (χ0n) is 17.2. The van der Waals surface area contributed by atoms with Crippen LogP contribution in [0.2, 0.25) is 0 Å². The highest BCUT2D eigenvalue weighted by atomic mass is 16.5. The Hall–Kier alpha value is -4.20. The second-order valence-electron chi connectivity index (χ2n) is 7.12. The van der Waals surface area contributed by atoms with Crippen molar-refractivity contribution in [2.75, 3.05) is 12.4 Å². The molecule has 156 valence electrons. The molecule has 2 aromatic rings. The van der Waals surface area contributed by atoms with Crippen molar-refractivity contribution < 1.29 is 14.3 Å². The first-order valence-electron chi connectivity index (χ1n) is 9.56. The Morgan fingerprint density at radius 2 is 1.77 bits per heavy atom. The van der Waals surface area contributed by atoms with E-state index in [0.29, 0.717) is 17.1 Å². The third-order valence-electron chi connectivity index (χ3n) is 4.81. The fourth-order valence-electron chi connectivity index (χ4n) is 3.37. The number of amides is 1. The van der Waals surface area contributed by atoms with Crippen molar-refractivity contribution in [3.8, 4) is 22.6 Å². The highest BCUT2D eigenvalue weighted by Gasteiger charge is 2.25. The van der Waals surface area contributed by atoms with Gasteiger partial charge in [0.2, 0.25) is 5.91 Å². The van der Waals surface area contributed by atoms with E-state index in [1.54, 1.807) is 47.3 Å². The summed E-state index contributed by atoms with van der Waals surface area (Å²) >= 11 is 0. The number of esters is 1. The van der Waals surface area contributed by atoms with Crippen LogP contribution >= 0.6 is 0 Å². The van der Waals surface area contributed by atoms with Crippen LogP contribution in [0.25, 0.3) is 22.6 Å². The molecular weight excluding hydrogens is 396 g/mol. The highest BCUT2D eigenvalue weighted by molar-refractivity contribution is 5.96. The van der Waals surface area contributed by atoms with Crippen LogP contribution in [0.4, 0.5) is 5.69 Å². The van der Waals surface area contributed by atoms with Crippen molar-refractivity contribution in [2.45, 2.75) is 13.8 Å². The summed E-state index contributed by atoms with van der Waals surface area (Å²) in [5, 5.41) is 7.12. The number of carbonyl (C=O) groups excluding carboxylic acids is 2. The van der Waals surface area contributed by atoms with Crippen LogP contribution in [0.3, 0.4) is 0 Å². The third kappa shape index (κ3) is 3.83. The van der Waals surface area contributed by atoms with Crippen LogP contribution in [0.15, 0.2) is 65.7 Å². The summed E-state index contributed by atoms with van der Waals surface area (Å²) in [6.07, 6.45) is 3.21. The Bertz CT molecular complexity index is 1320. The number of carbonyl (C=O) groups is 2. The number of ether oxygens (including phenoxy) is 1.